The van der Waals surface area contributed by atoms with Gasteiger partial charge >= 0.3 is 0 Å². The van der Waals surface area contributed by atoms with E-state index in [0.29, 0.717) is 38.9 Å². The average molecular weight is 837 g/mol. The molecule has 0 fully saturated rings. The Bertz CT molecular complexity index is 879. The minimum atomic E-state index is -1.39. The summed E-state index contributed by atoms with van der Waals surface area (Å²) in [6.45, 7) is 7.75. The highest BCUT2D eigenvalue weighted by molar-refractivity contribution is 5.95. The molecule has 0 saturated carbocycles. The monoisotopic (exact) mass is 837 g/mol. The van der Waals surface area contributed by atoms with Crippen LogP contribution in [0.3, 0.4) is 0 Å². The van der Waals surface area contributed by atoms with Crippen molar-refractivity contribution in [3.8, 4) is 0 Å². The van der Waals surface area contributed by atoms with Gasteiger partial charge in [0.05, 0.1) is 12.6 Å². The predicted octanol–water partition coefficient (Wildman–Crippen LogP) is 10.3. The third-order valence-electron chi connectivity index (χ3n) is 11.8. The Labute approximate surface area is 365 Å². The van der Waals surface area contributed by atoms with Gasteiger partial charge in [0.25, 0.3) is 0 Å². The van der Waals surface area contributed by atoms with Gasteiger partial charge < -0.3 is 32.5 Å². The van der Waals surface area contributed by atoms with Gasteiger partial charge in [0.2, 0.25) is 17.7 Å². The molecule has 10 nitrogen and oxygen atoms in total. The fraction of sp³-hybridized carbons (Fsp3) is 0.939. The summed E-state index contributed by atoms with van der Waals surface area (Å²) in [7, 11) is 0. The normalized spacial score (nSPS) is 12.5. The van der Waals surface area contributed by atoms with E-state index in [-0.39, 0.29) is 37.1 Å². The molecule has 0 aromatic carbocycles. The Morgan fingerprint density at radius 3 is 1.19 bits per heavy atom. The number of hydrogen-bond acceptors (Lipinski definition) is 8. The third-order valence-corrected chi connectivity index (χ3v) is 11.8. The van der Waals surface area contributed by atoms with E-state index >= 15 is 0 Å². The van der Waals surface area contributed by atoms with Gasteiger partial charge in [-0.1, -0.05) is 194 Å². The summed E-state index contributed by atoms with van der Waals surface area (Å²) in [4.78, 5) is 41.4. The molecule has 0 spiro atoms. The molecule has 0 saturated heterocycles. The number of aliphatic hydroxyl groups excluding tert-OH is 1. The topological polar surface area (TPSA) is 163 Å². The zero-order valence-electron chi connectivity index (χ0n) is 39.1. The lowest BCUT2D eigenvalue weighted by molar-refractivity contribution is -0.156. The van der Waals surface area contributed by atoms with Gasteiger partial charge in [-0.3, -0.25) is 19.3 Å². The second-order valence-corrected chi connectivity index (χ2v) is 17.5. The Kier molecular flexibility index (Phi) is 44.7. The van der Waals surface area contributed by atoms with Crippen molar-refractivity contribution in [1.82, 2.24) is 20.9 Å². The maximum Gasteiger partial charge on any atom is 0.237 e. The van der Waals surface area contributed by atoms with E-state index in [1.54, 1.807) is 0 Å². The van der Waals surface area contributed by atoms with Crippen LogP contribution < -0.4 is 27.4 Å². The smallest absolute Gasteiger partial charge is 0.237 e. The van der Waals surface area contributed by atoms with Gasteiger partial charge in [0.15, 0.2) is 6.23 Å². The van der Waals surface area contributed by atoms with Crippen molar-refractivity contribution in [2.75, 3.05) is 39.3 Å². The van der Waals surface area contributed by atoms with Gasteiger partial charge in [-0.2, -0.15) is 0 Å². The van der Waals surface area contributed by atoms with E-state index in [2.05, 4.69) is 29.8 Å². The summed E-state index contributed by atoms with van der Waals surface area (Å²) >= 11 is 0. The van der Waals surface area contributed by atoms with E-state index in [1.165, 1.54) is 154 Å². The average Bonchev–Trinajstić information content (AvgIpc) is 3.23. The molecule has 0 heterocycles. The second-order valence-electron chi connectivity index (χ2n) is 17.5. The van der Waals surface area contributed by atoms with Gasteiger partial charge in [-0.05, 0) is 71.2 Å². The highest BCUT2D eigenvalue weighted by Gasteiger charge is 2.29. The van der Waals surface area contributed by atoms with Crippen molar-refractivity contribution in [2.45, 2.75) is 257 Å². The fourth-order valence-corrected chi connectivity index (χ4v) is 7.90. The van der Waals surface area contributed by atoms with Crippen LogP contribution in [0, 0.1) is 0 Å². The van der Waals surface area contributed by atoms with Crippen molar-refractivity contribution in [2.24, 2.45) is 11.5 Å². The number of rotatable bonds is 47. The zero-order chi connectivity index (χ0) is 43.3. The molecule has 8 N–H and O–H groups in total. The number of carbonyl (C=O) groups excluding carboxylic acids is 3. The number of amides is 3. The zero-order valence-corrected chi connectivity index (χ0v) is 39.1. The SMILES string of the molecule is CCCCCCCCCCCCCCCCCC(=O)N(C(=O)CCCCCCCCCCCCCCCCC)C(O)CNC(=O)C(CCCNCCCN)NCCCN. The van der Waals surface area contributed by atoms with Crippen LogP contribution in [0.1, 0.15) is 245 Å². The number of unbranched alkanes of at least 4 members (excludes halogenated alkanes) is 28. The van der Waals surface area contributed by atoms with Crippen molar-refractivity contribution < 1.29 is 19.5 Å². The van der Waals surface area contributed by atoms with E-state index in [9.17, 15) is 19.5 Å². The molecule has 0 rings (SSSR count). The molecule has 0 bridgehead atoms. The number of carbonyl (C=O) groups is 3. The number of aliphatic hydroxyl groups is 1. The lowest BCUT2D eigenvalue weighted by atomic mass is 10.0. The highest BCUT2D eigenvalue weighted by atomic mass is 16.3. The number of nitrogens with one attached hydrogen (secondary N) is 3. The molecular formula is C49H100N6O4. The van der Waals surface area contributed by atoms with Gasteiger partial charge in [-0.25, -0.2) is 0 Å². The summed E-state index contributed by atoms with van der Waals surface area (Å²) in [6, 6.07) is -0.453. The van der Waals surface area contributed by atoms with Crippen LogP contribution in [0.15, 0.2) is 0 Å². The minimum absolute atomic E-state index is 0.183. The number of imide groups is 1. The highest BCUT2D eigenvalue weighted by Crippen LogP contribution is 2.17. The maximum absolute atomic E-state index is 13.5. The number of nitrogens with zero attached hydrogens (tertiary/aromatic N) is 1. The van der Waals surface area contributed by atoms with Gasteiger partial charge in [0, 0.05) is 12.8 Å². The molecule has 2 atom stereocenters. The van der Waals surface area contributed by atoms with Gasteiger partial charge in [0.1, 0.15) is 0 Å². The lowest BCUT2D eigenvalue weighted by Gasteiger charge is -2.27. The van der Waals surface area contributed by atoms with E-state index < -0.39 is 12.3 Å². The van der Waals surface area contributed by atoms with Crippen molar-refractivity contribution in [3.63, 3.8) is 0 Å². The van der Waals surface area contributed by atoms with E-state index in [4.69, 9.17) is 11.5 Å². The summed E-state index contributed by atoms with van der Waals surface area (Å²) < 4.78 is 0. The summed E-state index contributed by atoms with van der Waals surface area (Å²) in [5.41, 5.74) is 11.3. The molecular weight excluding hydrogens is 737 g/mol. The maximum atomic E-state index is 13.5. The van der Waals surface area contributed by atoms with E-state index in [0.717, 1.165) is 62.9 Å². The molecule has 0 aliphatic carbocycles. The molecule has 10 heteroatoms. The summed E-state index contributed by atoms with van der Waals surface area (Å²) in [5, 5.41) is 20.7. The van der Waals surface area contributed by atoms with Crippen molar-refractivity contribution >= 4 is 17.7 Å². The van der Waals surface area contributed by atoms with Crippen LogP contribution in [-0.4, -0.2) is 79.3 Å². The van der Waals surface area contributed by atoms with Crippen LogP contribution in [-0.2, 0) is 14.4 Å². The second kappa shape index (κ2) is 45.9. The fourth-order valence-electron chi connectivity index (χ4n) is 7.90. The van der Waals surface area contributed by atoms with Crippen LogP contribution in [0.2, 0.25) is 0 Å². The molecule has 2 unspecified atom stereocenters. The van der Waals surface area contributed by atoms with Crippen LogP contribution in [0.5, 0.6) is 0 Å². The first kappa shape index (κ1) is 57.4. The van der Waals surface area contributed by atoms with Crippen LogP contribution in [0.4, 0.5) is 0 Å². The van der Waals surface area contributed by atoms with Crippen LogP contribution >= 0.6 is 0 Å². The first-order valence-corrected chi connectivity index (χ1v) is 25.6. The standard InChI is InChI=1S/C49H100N6O4/c1-3-5-7-9-11-13-15-17-19-21-23-25-27-29-31-37-46(56)55(47(57)38-32-30-28-26-24-22-20-18-16-14-12-10-8-6-4-2)48(58)44-54-49(59)45(53-43-35-40-51)36-33-41-52-42-34-39-50/h45,48,52-53,58H,3-44,50-51H2,1-2H3,(H,54,59). The molecule has 0 radical (unpaired) electrons. The van der Waals surface area contributed by atoms with Crippen molar-refractivity contribution in [1.29, 1.82) is 0 Å². The Morgan fingerprint density at radius 2 is 0.814 bits per heavy atom. The quantitative estimate of drug-likeness (QED) is 0.0261. The molecule has 0 aliphatic heterocycles. The van der Waals surface area contributed by atoms with Crippen molar-refractivity contribution in [3.05, 3.63) is 0 Å². The minimum Gasteiger partial charge on any atom is -0.371 e. The first-order chi connectivity index (χ1) is 28.9. The molecule has 350 valence electrons. The van der Waals surface area contributed by atoms with Gasteiger partial charge in [-0.15, -0.1) is 0 Å². The largest absolute Gasteiger partial charge is 0.371 e. The number of hydrogen-bond donors (Lipinski definition) is 6. The molecule has 59 heavy (non-hydrogen) atoms. The first-order valence-electron chi connectivity index (χ1n) is 25.6. The summed E-state index contributed by atoms with van der Waals surface area (Å²) in [5.74, 6) is -0.921. The third kappa shape index (κ3) is 37.9. The molecule has 0 aromatic heterocycles. The Hall–Kier alpha value is -1.59. The predicted molar refractivity (Wildman–Crippen MR) is 251 cm³/mol. The Morgan fingerprint density at radius 1 is 0.475 bits per heavy atom. The molecule has 0 aliphatic rings. The Balaban J connectivity index is 4.82. The van der Waals surface area contributed by atoms with E-state index in [1.807, 2.05) is 0 Å². The molecule has 3 amide bonds. The molecule has 0 aromatic rings. The number of nitrogens with two attached hydrogens (primary N) is 2. The van der Waals surface area contributed by atoms with Crippen LogP contribution in [0.25, 0.3) is 0 Å². The summed E-state index contributed by atoms with van der Waals surface area (Å²) in [6.07, 6.45) is 39.4. The lowest BCUT2D eigenvalue weighted by Crippen LogP contribution is -2.52.